The van der Waals surface area contributed by atoms with Crippen molar-refractivity contribution in [2.24, 2.45) is 0 Å². The lowest BCUT2D eigenvalue weighted by atomic mass is 9.78. The Morgan fingerprint density at radius 1 is 1.00 bits per heavy atom. The summed E-state index contributed by atoms with van der Waals surface area (Å²) in [5.74, 6) is 0. The molecule has 0 aliphatic carbocycles. The summed E-state index contributed by atoms with van der Waals surface area (Å²) in [5.41, 5.74) is 1.84. The number of ether oxygens (including phenoxy) is 1. The van der Waals surface area contributed by atoms with E-state index in [1.165, 1.54) is 24.8 Å². The maximum absolute atomic E-state index is 6.09. The predicted molar refractivity (Wildman–Crippen MR) is 89.5 cm³/mol. The van der Waals surface area contributed by atoms with Crippen LogP contribution >= 0.6 is 0 Å². The first kappa shape index (κ1) is 16.0. The van der Waals surface area contributed by atoms with Gasteiger partial charge in [0.05, 0.1) is 17.3 Å². The molecule has 4 heteroatoms. The van der Waals surface area contributed by atoms with Crippen molar-refractivity contribution < 1.29 is 14.0 Å². The van der Waals surface area contributed by atoms with Gasteiger partial charge in [0.15, 0.2) is 0 Å². The maximum Gasteiger partial charge on any atom is 0.494 e. The minimum Gasteiger partial charge on any atom is -0.399 e. The Labute approximate surface area is 134 Å². The van der Waals surface area contributed by atoms with Gasteiger partial charge >= 0.3 is 7.12 Å². The molecule has 22 heavy (non-hydrogen) atoms. The van der Waals surface area contributed by atoms with Gasteiger partial charge < -0.3 is 14.0 Å². The van der Waals surface area contributed by atoms with Crippen LogP contribution in [0.4, 0.5) is 0 Å². The molecule has 1 unspecified atom stereocenters. The van der Waals surface area contributed by atoms with E-state index in [-0.39, 0.29) is 18.3 Å². The van der Waals surface area contributed by atoms with Gasteiger partial charge in [-0.15, -0.1) is 0 Å². The highest BCUT2D eigenvalue weighted by molar-refractivity contribution is 6.62. The number of hydrogen-bond donors (Lipinski definition) is 0. The van der Waals surface area contributed by atoms with Crippen LogP contribution in [0.1, 0.15) is 52.5 Å². The van der Waals surface area contributed by atoms with Crippen molar-refractivity contribution in [1.29, 1.82) is 0 Å². The Kier molecular flexibility index (Phi) is 4.37. The Hall–Kier alpha value is -0.835. The first-order valence-corrected chi connectivity index (χ1v) is 8.43. The van der Waals surface area contributed by atoms with Crippen molar-refractivity contribution >= 4 is 12.6 Å². The molecular formula is C18H27BO3. The van der Waals surface area contributed by atoms with E-state index in [1.807, 2.05) is 0 Å². The van der Waals surface area contributed by atoms with E-state index in [2.05, 4.69) is 52.0 Å². The third kappa shape index (κ3) is 3.24. The smallest absolute Gasteiger partial charge is 0.399 e. The minimum atomic E-state index is -0.285. The van der Waals surface area contributed by atoms with E-state index in [1.54, 1.807) is 0 Å². The number of benzene rings is 1. The van der Waals surface area contributed by atoms with Crippen LogP contribution in [0.25, 0.3) is 0 Å². The molecule has 0 saturated carbocycles. The Morgan fingerprint density at radius 2 is 1.64 bits per heavy atom. The zero-order chi connectivity index (χ0) is 15.8. The molecule has 2 saturated heterocycles. The van der Waals surface area contributed by atoms with Gasteiger partial charge in [0.25, 0.3) is 0 Å². The zero-order valence-corrected chi connectivity index (χ0v) is 14.2. The average Bonchev–Trinajstić information content (AvgIpc) is 2.69. The molecule has 2 fully saturated rings. The zero-order valence-electron chi connectivity index (χ0n) is 14.2. The third-order valence-electron chi connectivity index (χ3n) is 5.24. The molecule has 1 atom stereocenters. The fourth-order valence-corrected chi connectivity index (χ4v) is 3.02. The van der Waals surface area contributed by atoms with Crippen LogP contribution in [-0.4, -0.2) is 31.0 Å². The summed E-state index contributed by atoms with van der Waals surface area (Å²) in [6.45, 7) is 9.25. The predicted octanol–water partition coefficient (Wildman–Crippen LogP) is 3.10. The molecule has 2 aliphatic rings. The first-order valence-electron chi connectivity index (χ1n) is 8.43. The monoisotopic (exact) mass is 302 g/mol. The van der Waals surface area contributed by atoms with Crippen LogP contribution in [0.3, 0.4) is 0 Å². The highest BCUT2D eigenvalue weighted by Gasteiger charge is 2.51. The Morgan fingerprint density at radius 3 is 2.18 bits per heavy atom. The fraction of sp³-hybridized carbons (Fsp3) is 0.667. The molecule has 0 N–H and O–H groups in total. The van der Waals surface area contributed by atoms with E-state index < -0.39 is 0 Å². The SMILES string of the molecule is CC1(C)OB(c2ccc(CC3CCCCO3)cc2)OC1(C)C. The van der Waals surface area contributed by atoms with Gasteiger partial charge in [-0.05, 0) is 64.4 Å². The van der Waals surface area contributed by atoms with Gasteiger partial charge in [-0.1, -0.05) is 24.3 Å². The van der Waals surface area contributed by atoms with Crippen molar-refractivity contribution in [2.45, 2.75) is 70.7 Å². The van der Waals surface area contributed by atoms with E-state index in [0.29, 0.717) is 6.10 Å². The van der Waals surface area contributed by atoms with Gasteiger partial charge in [0, 0.05) is 6.61 Å². The summed E-state index contributed by atoms with van der Waals surface area (Å²) in [6, 6.07) is 8.61. The third-order valence-corrected chi connectivity index (χ3v) is 5.24. The minimum absolute atomic E-state index is 0.273. The standard InChI is InChI=1S/C18H27BO3/c1-17(2)18(3,4)22-19(21-17)15-10-8-14(9-11-15)13-16-7-5-6-12-20-16/h8-11,16H,5-7,12-13H2,1-4H3. The van der Waals surface area contributed by atoms with Crippen molar-refractivity contribution in [2.75, 3.05) is 6.61 Å². The van der Waals surface area contributed by atoms with Crippen LogP contribution in [0.5, 0.6) is 0 Å². The van der Waals surface area contributed by atoms with Crippen LogP contribution < -0.4 is 5.46 Å². The first-order chi connectivity index (χ1) is 10.4. The molecule has 3 nitrogen and oxygen atoms in total. The summed E-state index contributed by atoms with van der Waals surface area (Å²) >= 11 is 0. The van der Waals surface area contributed by atoms with E-state index in [4.69, 9.17) is 14.0 Å². The fourth-order valence-electron chi connectivity index (χ4n) is 3.02. The van der Waals surface area contributed by atoms with Crippen LogP contribution in [0, 0.1) is 0 Å². The largest absolute Gasteiger partial charge is 0.494 e. The maximum atomic E-state index is 6.09. The van der Waals surface area contributed by atoms with Gasteiger partial charge in [0.2, 0.25) is 0 Å². The lowest BCUT2D eigenvalue weighted by Crippen LogP contribution is -2.41. The average molecular weight is 302 g/mol. The molecule has 120 valence electrons. The molecule has 0 bridgehead atoms. The molecule has 0 radical (unpaired) electrons. The molecule has 0 aromatic heterocycles. The summed E-state index contributed by atoms with van der Waals surface area (Å²) < 4.78 is 18.0. The topological polar surface area (TPSA) is 27.7 Å². The van der Waals surface area contributed by atoms with Crippen molar-refractivity contribution in [1.82, 2.24) is 0 Å². The molecule has 0 amide bonds. The normalized spacial score (nSPS) is 27.1. The van der Waals surface area contributed by atoms with E-state index >= 15 is 0 Å². The molecule has 1 aromatic carbocycles. The molecule has 3 rings (SSSR count). The Bertz CT molecular complexity index is 488. The quantitative estimate of drug-likeness (QED) is 0.803. The summed E-state index contributed by atoms with van der Waals surface area (Å²) in [6.07, 6.45) is 5.06. The highest BCUT2D eigenvalue weighted by Crippen LogP contribution is 2.36. The lowest BCUT2D eigenvalue weighted by molar-refractivity contribution is 0.00578. The molecular weight excluding hydrogens is 275 g/mol. The number of hydrogen-bond acceptors (Lipinski definition) is 3. The number of rotatable bonds is 3. The second kappa shape index (κ2) is 5.99. The van der Waals surface area contributed by atoms with Crippen LogP contribution in [0.15, 0.2) is 24.3 Å². The lowest BCUT2D eigenvalue weighted by Gasteiger charge is -2.32. The summed E-state index contributed by atoms with van der Waals surface area (Å²) in [7, 11) is -0.273. The van der Waals surface area contributed by atoms with Gasteiger partial charge in [-0.25, -0.2) is 0 Å². The summed E-state index contributed by atoms with van der Waals surface area (Å²) in [4.78, 5) is 0. The van der Waals surface area contributed by atoms with Gasteiger partial charge in [-0.3, -0.25) is 0 Å². The second-order valence-electron chi connectivity index (χ2n) is 7.52. The van der Waals surface area contributed by atoms with Crippen LogP contribution in [-0.2, 0) is 20.5 Å². The van der Waals surface area contributed by atoms with E-state index in [9.17, 15) is 0 Å². The molecule has 2 aliphatic heterocycles. The molecule has 2 heterocycles. The Balaban J connectivity index is 1.65. The molecule has 0 spiro atoms. The molecule has 1 aromatic rings. The van der Waals surface area contributed by atoms with Crippen molar-refractivity contribution in [3.05, 3.63) is 29.8 Å². The van der Waals surface area contributed by atoms with Crippen molar-refractivity contribution in [3.63, 3.8) is 0 Å². The van der Waals surface area contributed by atoms with Crippen molar-refractivity contribution in [3.8, 4) is 0 Å². The second-order valence-corrected chi connectivity index (χ2v) is 7.52. The van der Waals surface area contributed by atoms with Crippen LogP contribution in [0.2, 0.25) is 0 Å². The summed E-state index contributed by atoms with van der Waals surface area (Å²) in [5, 5.41) is 0. The highest BCUT2D eigenvalue weighted by atomic mass is 16.7. The van der Waals surface area contributed by atoms with E-state index in [0.717, 1.165) is 18.5 Å². The van der Waals surface area contributed by atoms with Gasteiger partial charge in [-0.2, -0.15) is 0 Å². The van der Waals surface area contributed by atoms with Gasteiger partial charge in [0.1, 0.15) is 0 Å².